The first-order chi connectivity index (χ1) is 14.4. The summed E-state index contributed by atoms with van der Waals surface area (Å²) in [6.07, 6.45) is -0.837. The molecule has 2 N–H and O–H groups in total. The van der Waals surface area contributed by atoms with E-state index in [2.05, 4.69) is 10.6 Å². The first kappa shape index (κ1) is 24.5. The Balaban J connectivity index is 2.22. The minimum atomic E-state index is -1.33. The van der Waals surface area contributed by atoms with Crippen LogP contribution in [0.2, 0.25) is 0 Å². The van der Waals surface area contributed by atoms with Gasteiger partial charge in [-0.2, -0.15) is 0 Å². The van der Waals surface area contributed by atoms with Crippen molar-refractivity contribution in [3.05, 3.63) is 35.1 Å². The summed E-state index contributed by atoms with van der Waals surface area (Å²) in [6, 6.07) is -0.573. The van der Waals surface area contributed by atoms with Gasteiger partial charge in [-0.25, -0.2) is 18.0 Å². The highest BCUT2D eigenvalue weighted by Gasteiger charge is 2.30. The number of amides is 3. The number of nitrogens with zero attached hydrogens (tertiary/aromatic N) is 1. The Labute approximate surface area is 179 Å². The molecule has 1 aliphatic heterocycles. The molecule has 1 fully saturated rings. The fourth-order valence-corrected chi connectivity index (χ4v) is 3.25. The molecule has 0 aromatic heterocycles. The zero-order valence-electron chi connectivity index (χ0n) is 18.1. The number of nitrogens with one attached hydrogen (secondary N) is 2. The van der Waals surface area contributed by atoms with E-state index >= 15 is 0 Å². The van der Waals surface area contributed by atoms with Crippen LogP contribution in [0.1, 0.15) is 46.1 Å². The number of carbonyl (C=O) groups is 3. The minimum absolute atomic E-state index is 0.200. The number of ether oxygens (including phenoxy) is 1. The van der Waals surface area contributed by atoms with E-state index in [0.717, 1.165) is 0 Å². The molecule has 0 radical (unpaired) electrons. The fraction of sp³-hybridized carbons (Fsp3) is 0.571. The predicted molar refractivity (Wildman–Crippen MR) is 107 cm³/mol. The largest absolute Gasteiger partial charge is 0.444 e. The predicted octanol–water partition coefficient (Wildman–Crippen LogP) is 2.67. The third-order valence-corrected chi connectivity index (χ3v) is 4.74. The summed E-state index contributed by atoms with van der Waals surface area (Å²) >= 11 is 0. The standard InChI is InChI=1S/C21H28F3N3O4/c1-12-19(29)25-6-5-7-27(12)18(28)10-14(26-20(30)31-21(2,3)4)8-13-9-16(23)17(24)11-15(13)22/h9,11-12,14H,5-8,10H2,1-4H3,(H,25,29)(H,26,30). The molecule has 31 heavy (non-hydrogen) atoms. The Bertz CT molecular complexity index is 842. The lowest BCUT2D eigenvalue weighted by Gasteiger charge is -2.28. The molecule has 1 heterocycles. The second-order valence-corrected chi connectivity index (χ2v) is 8.52. The van der Waals surface area contributed by atoms with Gasteiger partial charge in [0, 0.05) is 31.6 Å². The van der Waals surface area contributed by atoms with Crippen molar-refractivity contribution in [2.24, 2.45) is 0 Å². The average Bonchev–Trinajstić information content (AvgIpc) is 2.79. The summed E-state index contributed by atoms with van der Waals surface area (Å²) in [7, 11) is 0. The lowest BCUT2D eigenvalue weighted by atomic mass is 10.0. The molecule has 2 rings (SSSR count). The molecule has 0 bridgehead atoms. The number of halogens is 3. The molecule has 7 nitrogen and oxygen atoms in total. The number of rotatable bonds is 5. The van der Waals surface area contributed by atoms with Crippen molar-refractivity contribution in [2.75, 3.05) is 13.1 Å². The summed E-state index contributed by atoms with van der Waals surface area (Å²) in [5, 5.41) is 5.20. The van der Waals surface area contributed by atoms with Crippen LogP contribution >= 0.6 is 0 Å². The summed E-state index contributed by atoms with van der Waals surface area (Å²) in [6.45, 7) is 7.31. The first-order valence-electron chi connectivity index (χ1n) is 10.1. The molecule has 2 unspecified atom stereocenters. The van der Waals surface area contributed by atoms with Crippen LogP contribution < -0.4 is 10.6 Å². The van der Waals surface area contributed by atoms with Crippen LogP contribution in [0.5, 0.6) is 0 Å². The van der Waals surface area contributed by atoms with Gasteiger partial charge in [0.2, 0.25) is 11.8 Å². The van der Waals surface area contributed by atoms with Crippen LogP contribution in [0.15, 0.2) is 12.1 Å². The maximum absolute atomic E-state index is 14.2. The van der Waals surface area contributed by atoms with Crippen LogP contribution in [0.4, 0.5) is 18.0 Å². The fourth-order valence-electron chi connectivity index (χ4n) is 3.25. The highest BCUT2D eigenvalue weighted by molar-refractivity contribution is 5.88. The van der Waals surface area contributed by atoms with E-state index in [1.54, 1.807) is 27.7 Å². The van der Waals surface area contributed by atoms with Crippen molar-refractivity contribution in [2.45, 2.75) is 64.6 Å². The number of carbonyl (C=O) groups excluding carboxylic acids is 3. The number of hydrogen-bond acceptors (Lipinski definition) is 4. The molecule has 2 atom stereocenters. The highest BCUT2D eigenvalue weighted by atomic mass is 19.2. The highest BCUT2D eigenvalue weighted by Crippen LogP contribution is 2.18. The van der Waals surface area contributed by atoms with E-state index in [0.29, 0.717) is 31.6 Å². The Kier molecular flexibility index (Phi) is 7.91. The maximum Gasteiger partial charge on any atom is 0.407 e. The Morgan fingerprint density at radius 1 is 1.23 bits per heavy atom. The lowest BCUT2D eigenvalue weighted by molar-refractivity contribution is -0.139. The molecule has 1 saturated heterocycles. The maximum atomic E-state index is 14.2. The van der Waals surface area contributed by atoms with Gasteiger partial charge < -0.3 is 20.3 Å². The van der Waals surface area contributed by atoms with Gasteiger partial charge in [0.15, 0.2) is 11.6 Å². The molecule has 10 heteroatoms. The molecule has 1 aromatic carbocycles. The molecule has 1 aliphatic rings. The summed E-state index contributed by atoms with van der Waals surface area (Å²) < 4.78 is 46.2. The van der Waals surface area contributed by atoms with Crippen LogP contribution in [0.3, 0.4) is 0 Å². The molecule has 0 spiro atoms. The molecule has 172 valence electrons. The van der Waals surface area contributed by atoms with Crippen LogP contribution in [0, 0.1) is 17.5 Å². The lowest BCUT2D eigenvalue weighted by Crippen LogP contribution is -2.48. The smallest absolute Gasteiger partial charge is 0.407 e. The molecule has 1 aromatic rings. The number of hydrogen-bond donors (Lipinski definition) is 2. The van der Waals surface area contributed by atoms with Crippen LogP contribution in [-0.4, -0.2) is 53.6 Å². The SMILES string of the molecule is CC1C(=O)NCCCN1C(=O)CC(Cc1cc(F)c(F)cc1F)NC(=O)OC(C)(C)C. The second kappa shape index (κ2) is 10.0. The van der Waals surface area contributed by atoms with E-state index in [1.165, 1.54) is 4.90 Å². The first-order valence-corrected chi connectivity index (χ1v) is 10.1. The number of benzene rings is 1. The Hall–Kier alpha value is -2.78. The van der Waals surface area contributed by atoms with Gasteiger partial charge in [-0.05, 0) is 52.2 Å². The zero-order chi connectivity index (χ0) is 23.3. The Morgan fingerprint density at radius 2 is 1.87 bits per heavy atom. The average molecular weight is 443 g/mol. The zero-order valence-corrected chi connectivity index (χ0v) is 18.1. The van der Waals surface area contributed by atoms with Gasteiger partial charge in [-0.1, -0.05) is 0 Å². The Morgan fingerprint density at radius 3 is 2.52 bits per heavy atom. The molecule has 3 amide bonds. The van der Waals surface area contributed by atoms with E-state index in [1.807, 2.05) is 0 Å². The van der Waals surface area contributed by atoms with E-state index < -0.39 is 47.1 Å². The number of alkyl carbamates (subject to hydrolysis) is 1. The minimum Gasteiger partial charge on any atom is -0.444 e. The van der Waals surface area contributed by atoms with Gasteiger partial charge in [0.1, 0.15) is 17.5 Å². The second-order valence-electron chi connectivity index (χ2n) is 8.52. The van der Waals surface area contributed by atoms with E-state index in [4.69, 9.17) is 4.74 Å². The summed E-state index contributed by atoms with van der Waals surface area (Å²) in [5.41, 5.74) is -1.02. The molecular formula is C21H28F3N3O4. The van der Waals surface area contributed by atoms with Crippen molar-refractivity contribution in [3.63, 3.8) is 0 Å². The summed E-state index contributed by atoms with van der Waals surface area (Å²) in [4.78, 5) is 38.6. The molecular weight excluding hydrogens is 415 g/mol. The van der Waals surface area contributed by atoms with Gasteiger partial charge in [-0.3, -0.25) is 9.59 Å². The van der Waals surface area contributed by atoms with Crippen LogP contribution in [0.25, 0.3) is 0 Å². The van der Waals surface area contributed by atoms with Crippen molar-refractivity contribution in [1.82, 2.24) is 15.5 Å². The summed E-state index contributed by atoms with van der Waals surface area (Å²) in [5.74, 6) is -4.30. The van der Waals surface area contributed by atoms with Gasteiger partial charge in [0.05, 0.1) is 0 Å². The van der Waals surface area contributed by atoms with E-state index in [-0.39, 0.29) is 24.3 Å². The van der Waals surface area contributed by atoms with Crippen LogP contribution in [-0.2, 0) is 20.7 Å². The molecule has 0 aliphatic carbocycles. The van der Waals surface area contributed by atoms with Crippen molar-refractivity contribution in [1.29, 1.82) is 0 Å². The topological polar surface area (TPSA) is 87.7 Å². The third-order valence-electron chi connectivity index (χ3n) is 4.74. The quantitative estimate of drug-likeness (QED) is 0.685. The van der Waals surface area contributed by atoms with Gasteiger partial charge >= 0.3 is 6.09 Å². The normalized spacial score (nSPS) is 18.1. The van der Waals surface area contributed by atoms with Gasteiger partial charge in [0.25, 0.3) is 0 Å². The van der Waals surface area contributed by atoms with Gasteiger partial charge in [-0.15, -0.1) is 0 Å². The molecule has 0 saturated carbocycles. The third kappa shape index (κ3) is 7.15. The van der Waals surface area contributed by atoms with Crippen molar-refractivity contribution >= 4 is 17.9 Å². The van der Waals surface area contributed by atoms with Crippen molar-refractivity contribution < 1.29 is 32.3 Å². The monoisotopic (exact) mass is 443 g/mol. The van der Waals surface area contributed by atoms with E-state index in [9.17, 15) is 27.6 Å². The van der Waals surface area contributed by atoms with Crippen molar-refractivity contribution in [3.8, 4) is 0 Å².